The van der Waals surface area contributed by atoms with Crippen LogP contribution in [0.3, 0.4) is 0 Å². The molecule has 0 unspecified atom stereocenters. The van der Waals surface area contributed by atoms with Crippen LogP contribution in [0.5, 0.6) is 0 Å². The van der Waals surface area contributed by atoms with Gasteiger partial charge in [0.1, 0.15) is 0 Å². The van der Waals surface area contributed by atoms with Gasteiger partial charge in [-0.2, -0.15) is 0 Å². The molecule has 0 heterocycles. The zero-order valence-corrected chi connectivity index (χ0v) is 16.8. The van der Waals surface area contributed by atoms with E-state index in [9.17, 15) is 4.57 Å². The molecule has 0 amide bonds. The molecule has 3 aromatic carbocycles. The fourth-order valence-electron chi connectivity index (χ4n) is 2.45. The molecule has 3 rings (SSSR count). The third kappa shape index (κ3) is 4.39. The van der Waals surface area contributed by atoms with Crippen molar-refractivity contribution >= 4 is 58.9 Å². The topological polar surface area (TPSA) is 29.4 Å². The molecule has 0 aromatic heterocycles. The van der Waals surface area contributed by atoms with Crippen LogP contribution in [0.1, 0.15) is 11.1 Å². The summed E-state index contributed by atoms with van der Waals surface area (Å²) in [6.07, 6.45) is 1.60. The number of hydrogen-bond donors (Lipinski definition) is 0. The Morgan fingerprint density at radius 1 is 0.731 bits per heavy atom. The lowest BCUT2D eigenvalue weighted by atomic mass is 10.2. The molecule has 0 aliphatic heterocycles. The van der Waals surface area contributed by atoms with E-state index in [1.165, 1.54) is 0 Å². The molecule has 0 bridgehead atoms. The summed E-state index contributed by atoms with van der Waals surface area (Å²) in [7, 11) is -3.14. The quantitative estimate of drug-likeness (QED) is 0.294. The van der Waals surface area contributed by atoms with Gasteiger partial charge in [0.05, 0.1) is 0 Å². The second-order valence-electron chi connectivity index (χ2n) is 5.61. The van der Waals surface area contributed by atoms with E-state index in [-0.39, 0.29) is 0 Å². The largest absolute Gasteiger partial charge is 0.288 e. The Morgan fingerprint density at radius 3 is 1.62 bits per heavy atom. The van der Waals surface area contributed by atoms with Gasteiger partial charge in [0.15, 0.2) is 0 Å². The number of halogens is 3. The number of nitrogens with zero attached hydrogens (tertiary/aromatic N) is 1. The van der Waals surface area contributed by atoms with Crippen molar-refractivity contribution in [3.8, 4) is 0 Å². The van der Waals surface area contributed by atoms with Crippen molar-refractivity contribution in [1.82, 2.24) is 0 Å². The maximum absolute atomic E-state index is 13.8. The summed E-state index contributed by atoms with van der Waals surface area (Å²) in [6.45, 7) is 0. The minimum Gasteiger partial charge on any atom is -0.288 e. The maximum atomic E-state index is 13.8. The molecule has 0 saturated carbocycles. The Morgan fingerprint density at radius 2 is 1.19 bits per heavy atom. The van der Waals surface area contributed by atoms with E-state index in [1.807, 2.05) is 60.7 Å². The predicted octanol–water partition coefficient (Wildman–Crippen LogP) is 5.86. The predicted molar refractivity (Wildman–Crippen MR) is 113 cm³/mol. The van der Waals surface area contributed by atoms with Crippen LogP contribution < -0.4 is 10.6 Å². The Bertz CT molecular complexity index is 893. The lowest BCUT2D eigenvalue weighted by Crippen LogP contribution is -2.14. The van der Waals surface area contributed by atoms with Gasteiger partial charge in [-0.3, -0.25) is 4.57 Å². The molecule has 0 atom stereocenters. The van der Waals surface area contributed by atoms with Gasteiger partial charge in [0.2, 0.25) is 11.1 Å². The fourth-order valence-corrected chi connectivity index (χ4v) is 4.84. The summed E-state index contributed by atoms with van der Waals surface area (Å²) in [6, 6.07) is 25.5. The highest BCUT2D eigenvalue weighted by molar-refractivity contribution is 7.77. The number of hydrogen-bond acceptors (Lipinski definition) is 1. The molecule has 6 heteroatoms. The summed E-state index contributed by atoms with van der Waals surface area (Å²) in [5, 5.41) is 1.36. The van der Waals surface area contributed by atoms with Gasteiger partial charge in [0.25, 0.3) is 0 Å². The van der Waals surface area contributed by atoms with Crippen molar-refractivity contribution < 1.29 is 4.57 Å². The van der Waals surface area contributed by atoms with E-state index in [0.717, 1.165) is 5.56 Å². The lowest BCUT2D eigenvalue weighted by Gasteiger charge is -2.14. The Labute approximate surface area is 167 Å². The molecule has 0 N–H and O–H groups in total. The highest BCUT2D eigenvalue weighted by Gasteiger charge is 2.26. The zero-order valence-electron chi connectivity index (χ0n) is 13.6. The minimum absolute atomic E-state index is 0.564. The zero-order chi connectivity index (χ0) is 18.6. The van der Waals surface area contributed by atoms with Crippen LogP contribution in [0.4, 0.5) is 0 Å². The Hall–Kier alpha value is -1.57. The van der Waals surface area contributed by atoms with E-state index in [0.29, 0.717) is 16.2 Å². The Balaban J connectivity index is 1.99. The molecule has 0 spiro atoms. The van der Waals surface area contributed by atoms with Crippen molar-refractivity contribution in [3.05, 3.63) is 96.1 Å². The van der Waals surface area contributed by atoms with Crippen molar-refractivity contribution in [2.45, 2.75) is 3.79 Å². The van der Waals surface area contributed by atoms with Crippen LogP contribution >= 0.6 is 42.1 Å². The van der Waals surface area contributed by atoms with Crippen LogP contribution in [-0.2, 0) is 8.36 Å². The summed E-state index contributed by atoms with van der Waals surface area (Å²) < 4.78 is 16.8. The first-order chi connectivity index (χ1) is 12.4. The molecule has 0 saturated heterocycles. The molecule has 3 aromatic rings. The van der Waals surface area contributed by atoms with Gasteiger partial charge < -0.3 is 0 Å². The summed E-state index contributed by atoms with van der Waals surface area (Å²) in [4.78, 5) is 0. The molecule has 0 fully saturated rings. The minimum atomic E-state index is -3.14. The van der Waals surface area contributed by atoms with Crippen molar-refractivity contribution in [3.63, 3.8) is 0 Å². The highest BCUT2D eigenvalue weighted by Crippen LogP contribution is 2.44. The van der Waals surface area contributed by atoms with Crippen LogP contribution in [0, 0.1) is 0 Å². The number of benzene rings is 3. The Kier molecular flexibility index (Phi) is 5.89. The van der Waals surface area contributed by atoms with Gasteiger partial charge in [-0.05, 0) is 29.8 Å². The normalized spacial score (nSPS) is 12.4. The molecular formula is C20H15Cl3NOP. The molecule has 2 nitrogen and oxygen atoms in total. The first-order valence-corrected chi connectivity index (χ1v) is 10.6. The summed E-state index contributed by atoms with van der Waals surface area (Å²) in [5.41, 5.74) is 1.34. The summed E-state index contributed by atoms with van der Waals surface area (Å²) >= 11 is 17.6. The van der Waals surface area contributed by atoms with Gasteiger partial charge in [0, 0.05) is 22.4 Å². The molecule has 132 valence electrons. The fraction of sp³-hybridized carbons (Fsp3) is 0.0500. The second-order valence-corrected chi connectivity index (χ2v) is 10.3. The smallest absolute Gasteiger partial charge is 0.247 e. The molecule has 0 radical (unpaired) electrons. The van der Waals surface area contributed by atoms with E-state index < -0.39 is 11.1 Å². The molecular weight excluding hydrogens is 408 g/mol. The SMILES string of the molecule is O=P(/N=C/c1ccc(C(Cl)(Cl)Cl)cc1)(c1ccccc1)c1ccccc1. The van der Waals surface area contributed by atoms with Gasteiger partial charge >= 0.3 is 0 Å². The molecule has 26 heavy (non-hydrogen) atoms. The van der Waals surface area contributed by atoms with Gasteiger partial charge in [-0.1, -0.05) is 95.5 Å². The van der Waals surface area contributed by atoms with Crippen molar-refractivity contribution in [2.75, 3.05) is 0 Å². The first kappa shape index (κ1) is 19.2. The van der Waals surface area contributed by atoms with E-state index >= 15 is 0 Å². The third-order valence-electron chi connectivity index (χ3n) is 3.82. The van der Waals surface area contributed by atoms with Crippen LogP contribution in [0.25, 0.3) is 0 Å². The van der Waals surface area contributed by atoms with Crippen LogP contribution in [0.15, 0.2) is 89.7 Å². The summed E-state index contributed by atoms with van der Waals surface area (Å²) in [5.74, 6) is 0. The maximum Gasteiger partial charge on any atom is 0.247 e. The monoisotopic (exact) mass is 421 g/mol. The van der Waals surface area contributed by atoms with Gasteiger partial charge in [-0.15, -0.1) is 0 Å². The number of rotatable bonds is 4. The molecule has 0 aliphatic rings. The molecule has 0 aliphatic carbocycles. The third-order valence-corrected chi connectivity index (χ3v) is 6.91. The van der Waals surface area contributed by atoms with Crippen molar-refractivity contribution in [1.29, 1.82) is 0 Å². The average Bonchev–Trinajstić information content (AvgIpc) is 2.67. The second kappa shape index (κ2) is 7.98. The van der Waals surface area contributed by atoms with Crippen molar-refractivity contribution in [2.24, 2.45) is 4.76 Å². The number of alkyl halides is 3. The highest BCUT2D eigenvalue weighted by atomic mass is 35.6. The van der Waals surface area contributed by atoms with E-state index in [1.54, 1.807) is 30.5 Å². The first-order valence-electron chi connectivity index (χ1n) is 7.84. The average molecular weight is 423 g/mol. The van der Waals surface area contributed by atoms with E-state index in [2.05, 4.69) is 4.76 Å². The lowest BCUT2D eigenvalue weighted by molar-refractivity contribution is 0.588. The van der Waals surface area contributed by atoms with Crippen LogP contribution in [-0.4, -0.2) is 6.21 Å². The standard InChI is InChI=1S/C20H15Cl3NOP/c21-20(22,23)17-13-11-16(12-14-17)15-24-26(25,18-7-3-1-4-8-18)19-9-5-2-6-10-19/h1-15H/b24-15+. The van der Waals surface area contributed by atoms with E-state index in [4.69, 9.17) is 34.8 Å². The van der Waals surface area contributed by atoms with Crippen LogP contribution in [0.2, 0.25) is 0 Å². The van der Waals surface area contributed by atoms with Gasteiger partial charge in [-0.25, -0.2) is 4.76 Å².